The van der Waals surface area contributed by atoms with Gasteiger partial charge in [0.25, 0.3) is 0 Å². The summed E-state index contributed by atoms with van der Waals surface area (Å²) in [4.78, 5) is 22.9. The number of carbonyl (C=O) groups is 1. The molecule has 0 spiro atoms. The molecule has 0 saturated heterocycles. The van der Waals surface area contributed by atoms with Gasteiger partial charge < -0.3 is 19.8 Å². The Kier molecular flexibility index (Phi) is 29.4. The summed E-state index contributed by atoms with van der Waals surface area (Å²) in [6, 6.07) is -0.855. The monoisotopic (exact) mass is 674 g/mol. The first kappa shape index (κ1) is 45.0. The Bertz CT molecular complexity index is 814. The van der Waals surface area contributed by atoms with Crippen LogP contribution < -0.4 is 5.32 Å². The van der Waals surface area contributed by atoms with E-state index in [1.165, 1.54) is 96.3 Å². The van der Waals surface area contributed by atoms with Gasteiger partial charge >= 0.3 is 7.82 Å². The van der Waals surface area contributed by atoms with Crippen LogP contribution in [0.15, 0.2) is 24.3 Å². The van der Waals surface area contributed by atoms with E-state index in [1.54, 1.807) is 6.08 Å². The molecule has 0 aliphatic rings. The van der Waals surface area contributed by atoms with Gasteiger partial charge in [0, 0.05) is 6.42 Å². The number of hydrogen-bond acceptors (Lipinski definition) is 5. The molecular weight excluding hydrogens is 599 g/mol. The molecule has 0 radical (unpaired) electrons. The quantitative estimate of drug-likeness (QED) is 0.0278. The van der Waals surface area contributed by atoms with E-state index in [4.69, 9.17) is 9.05 Å². The maximum absolute atomic E-state index is 12.7. The van der Waals surface area contributed by atoms with Crippen LogP contribution in [-0.2, 0) is 18.4 Å². The van der Waals surface area contributed by atoms with Crippen LogP contribution in [0.2, 0.25) is 0 Å². The predicted octanol–water partition coefficient (Wildman–Crippen LogP) is 9.41. The first-order valence-corrected chi connectivity index (χ1v) is 20.2. The Hall–Kier alpha value is -1.02. The minimum absolute atomic E-state index is 0.0576. The summed E-state index contributed by atoms with van der Waals surface area (Å²) in [6.45, 7) is 4.75. The molecule has 0 aliphatic carbocycles. The van der Waals surface area contributed by atoms with Crippen molar-refractivity contribution in [2.45, 2.75) is 167 Å². The molecule has 9 heteroatoms. The molecule has 272 valence electrons. The zero-order valence-electron chi connectivity index (χ0n) is 30.6. The lowest BCUT2D eigenvalue weighted by Gasteiger charge is -2.25. The SMILES string of the molecule is CCCCCCCC/C=C/CC/C=C/C(O)C(COP(=O)(O)OCC[N+](C)(C)C)NC(=O)CCCCCCCCCCCCCC. The Morgan fingerprint density at radius 1 is 0.717 bits per heavy atom. The van der Waals surface area contributed by atoms with E-state index in [-0.39, 0.29) is 19.1 Å². The molecule has 0 bridgehead atoms. The zero-order chi connectivity index (χ0) is 34.4. The number of carbonyl (C=O) groups excluding carboxylic acids is 1. The van der Waals surface area contributed by atoms with Gasteiger partial charge in [0.05, 0.1) is 39.9 Å². The highest BCUT2D eigenvalue weighted by molar-refractivity contribution is 7.47. The normalized spacial score (nSPS) is 15.0. The number of quaternary nitrogens is 1. The van der Waals surface area contributed by atoms with Gasteiger partial charge in [-0.2, -0.15) is 0 Å². The van der Waals surface area contributed by atoms with Crippen molar-refractivity contribution >= 4 is 13.7 Å². The number of phosphoric acid groups is 1. The Labute approximate surface area is 284 Å². The van der Waals surface area contributed by atoms with Crippen molar-refractivity contribution < 1.29 is 32.9 Å². The number of nitrogens with one attached hydrogen (secondary N) is 1. The van der Waals surface area contributed by atoms with Crippen molar-refractivity contribution in [2.24, 2.45) is 0 Å². The molecule has 1 amide bonds. The van der Waals surface area contributed by atoms with Gasteiger partial charge in [-0.05, 0) is 32.1 Å². The first-order valence-electron chi connectivity index (χ1n) is 18.7. The Balaban J connectivity index is 4.61. The molecule has 3 unspecified atom stereocenters. The van der Waals surface area contributed by atoms with Gasteiger partial charge in [0.1, 0.15) is 13.2 Å². The highest BCUT2D eigenvalue weighted by Crippen LogP contribution is 2.43. The van der Waals surface area contributed by atoms with Crippen LogP contribution >= 0.6 is 7.82 Å². The largest absolute Gasteiger partial charge is 0.472 e. The lowest BCUT2D eigenvalue weighted by atomic mass is 10.0. The second kappa shape index (κ2) is 30.1. The Morgan fingerprint density at radius 2 is 1.20 bits per heavy atom. The van der Waals surface area contributed by atoms with Gasteiger partial charge in [0.2, 0.25) is 5.91 Å². The molecule has 3 N–H and O–H groups in total. The number of rotatable bonds is 33. The summed E-state index contributed by atoms with van der Waals surface area (Å²) in [6.07, 6.45) is 32.4. The van der Waals surface area contributed by atoms with E-state index in [0.717, 1.165) is 38.5 Å². The molecule has 3 atom stereocenters. The molecular formula is C37H74N2O6P+. The third kappa shape index (κ3) is 31.6. The molecule has 0 aromatic rings. The summed E-state index contributed by atoms with van der Waals surface area (Å²) >= 11 is 0. The average molecular weight is 674 g/mol. The van der Waals surface area contributed by atoms with Gasteiger partial charge in [-0.25, -0.2) is 4.57 Å². The van der Waals surface area contributed by atoms with Gasteiger partial charge in [-0.3, -0.25) is 13.8 Å². The lowest BCUT2D eigenvalue weighted by molar-refractivity contribution is -0.870. The zero-order valence-corrected chi connectivity index (χ0v) is 31.5. The maximum atomic E-state index is 12.7. The maximum Gasteiger partial charge on any atom is 0.472 e. The van der Waals surface area contributed by atoms with Crippen LogP contribution in [0.3, 0.4) is 0 Å². The number of allylic oxidation sites excluding steroid dienone is 3. The van der Waals surface area contributed by atoms with Crippen LogP contribution in [0.4, 0.5) is 0 Å². The van der Waals surface area contributed by atoms with E-state index in [9.17, 15) is 19.4 Å². The highest BCUT2D eigenvalue weighted by Gasteiger charge is 2.27. The topological polar surface area (TPSA) is 105 Å². The van der Waals surface area contributed by atoms with Crippen molar-refractivity contribution in [1.82, 2.24) is 5.32 Å². The highest BCUT2D eigenvalue weighted by atomic mass is 31.2. The van der Waals surface area contributed by atoms with E-state index in [1.807, 2.05) is 27.2 Å². The number of aliphatic hydroxyl groups is 1. The molecule has 0 rings (SSSR count). The predicted molar refractivity (Wildman–Crippen MR) is 194 cm³/mol. The van der Waals surface area contributed by atoms with Crippen LogP contribution in [0.5, 0.6) is 0 Å². The van der Waals surface area contributed by atoms with E-state index < -0.39 is 20.0 Å². The van der Waals surface area contributed by atoms with Crippen LogP contribution in [-0.4, -0.2) is 73.4 Å². The summed E-state index contributed by atoms with van der Waals surface area (Å²) in [7, 11) is 1.55. The first-order chi connectivity index (χ1) is 22.0. The molecule has 0 aromatic carbocycles. The fourth-order valence-corrected chi connectivity index (χ4v) is 5.85. The fourth-order valence-electron chi connectivity index (χ4n) is 5.11. The molecule has 0 saturated carbocycles. The van der Waals surface area contributed by atoms with Gasteiger partial charge in [-0.1, -0.05) is 141 Å². The molecule has 0 aliphatic heterocycles. The summed E-state index contributed by atoms with van der Waals surface area (Å²) in [5.74, 6) is -0.190. The third-order valence-corrected chi connectivity index (χ3v) is 9.16. The molecule has 0 heterocycles. The van der Waals surface area contributed by atoms with Crippen molar-refractivity contribution in [3.63, 3.8) is 0 Å². The molecule has 8 nitrogen and oxygen atoms in total. The average Bonchev–Trinajstić information content (AvgIpc) is 2.99. The number of nitrogens with zero attached hydrogens (tertiary/aromatic N) is 1. The van der Waals surface area contributed by atoms with E-state index >= 15 is 0 Å². The number of unbranched alkanes of at least 4 members (excludes halogenated alkanes) is 18. The van der Waals surface area contributed by atoms with Crippen LogP contribution in [0.1, 0.15) is 155 Å². The van der Waals surface area contributed by atoms with Crippen LogP contribution in [0, 0.1) is 0 Å². The number of aliphatic hydroxyl groups excluding tert-OH is 1. The molecule has 46 heavy (non-hydrogen) atoms. The summed E-state index contributed by atoms with van der Waals surface area (Å²) in [5.41, 5.74) is 0. The smallest absolute Gasteiger partial charge is 0.387 e. The number of phosphoric ester groups is 1. The van der Waals surface area contributed by atoms with E-state index in [2.05, 4.69) is 31.3 Å². The number of likely N-dealkylation sites (N-methyl/N-ethyl adjacent to an activating group) is 1. The van der Waals surface area contributed by atoms with Crippen molar-refractivity contribution in [1.29, 1.82) is 0 Å². The second-order valence-corrected chi connectivity index (χ2v) is 15.4. The molecule has 0 aromatic heterocycles. The van der Waals surface area contributed by atoms with Crippen LogP contribution in [0.25, 0.3) is 0 Å². The fraction of sp³-hybridized carbons (Fsp3) is 0.865. The summed E-state index contributed by atoms with van der Waals surface area (Å²) < 4.78 is 23.4. The standard InChI is InChI=1S/C37H73N2O6P/c1-6-8-10-12-14-16-18-20-22-24-26-28-30-36(40)35(34-45-46(42,43)44-33-32-39(3,4)5)38-37(41)31-29-27-25-23-21-19-17-15-13-11-9-7-2/h20,22,28,30,35-36,40H,6-19,21,23-27,29,31-34H2,1-5H3,(H-,38,41,42,43)/p+1/b22-20+,30-28+. The minimum Gasteiger partial charge on any atom is -0.387 e. The third-order valence-electron chi connectivity index (χ3n) is 8.17. The van der Waals surface area contributed by atoms with Gasteiger partial charge in [-0.15, -0.1) is 0 Å². The molecule has 0 fully saturated rings. The van der Waals surface area contributed by atoms with Crippen molar-refractivity contribution in [3.05, 3.63) is 24.3 Å². The van der Waals surface area contributed by atoms with Crippen molar-refractivity contribution in [3.8, 4) is 0 Å². The Morgan fingerprint density at radius 3 is 1.74 bits per heavy atom. The minimum atomic E-state index is -4.33. The van der Waals surface area contributed by atoms with Gasteiger partial charge in [0.15, 0.2) is 0 Å². The summed E-state index contributed by atoms with van der Waals surface area (Å²) in [5, 5.41) is 13.7. The number of amides is 1. The second-order valence-electron chi connectivity index (χ2n) is 13.9. The number of hydrogen-bond donors (Lipinski definition) is 3. The lowest BCUT2D eigenvalue weighted by Crippen LogP contribution is -2.45. The van der Waals surface area contributed by atoms with Crippen molar-refractivity contribution in [2.75, 3.05) is 40.9 Å². The van der Waals surface area contributed by atoms with E-state index in [0.29, 0.717) is 17.4 Å².